The Balaban J connectivity index is 1.47. The molecule has 6 nitrogen and oxygen atoms in total. The third kappa shape index (κ3) is 3.96. The third-order valence-corrected chi connectivity index (χ3v) is 4.95. The van der Waals surface area contributed by atoms with Crippen molar-refractivity contribution in [3.8, 4) is 0 Å². The number of hydrogen-bond acceptors (Lipinski definition) is 5. The zero-order valence-electron chi connectivity index (χ0n) is 15.9. The van der Waals surface area contributed by atoms with Gasteiger partial charge in [-0.25, -0.2) is 9.97 Å². The van der Waals surface area contributed by atoms with Crippen molar-refractivity contribution in [1.29, 1.82) is 0 Å². The van der Waals surface area contributed by atoms with Gasteiger partial charge in [0.1, 0.15) is 17.8 Å². The molecule has 1 aromatic heterocycles. The molecule has 0 saturated carbocycles. The van der Waals surface area contributed by atoms with Crippen LogP contribution in [0.5, 0.6) is 0 Å². The first-order chi connectivity index (χ1) is 13.7. The third-order valence-electron chi connectivity index (χ3n) is 4.95. The molecule has 3 aromatic rings. The Hall–Kier alpha value is -3.41. The second kappa shape index (κ2) is 8.08. The molecule has 6 heteroatoms. The fourth-order valence-electron chi connectivity index (χ4n) is 3.36. The van der Waals surface area contributed by atoms with E-state index in [4.69, 9.17) is 0 Å². The number of carbonyl (C=O) groups is 1. The monoisotopic (exact) mass is 373 g/mol. The highest BCUT2D eigenvalue weighted by Crippen LogP contribution is 2.23. The molecule has 28 heavy (non-hydrogen) atoms. The zero-order chi connectivity index (χ0) is 19.3. The highest BCUT2D eigenvalue weighted by Gasteiger charge is 2.16. The molecule has 1 aliphatic rings. The van der Waals surface area contributed by atoms with Gasteiger partial charge in [0.15, 0.2) is 0 Å². The Morgan fingerprint density at radius 1 is 1.00 bits per heavy atom. The summed E-state index contributed by atoms with van der Waals surface area (Å²) in [6.07, 6.45) is 3.93. The van der Waals surface area contributed by atoms with Crippen molar-refractivity contribution in [2.75, 3.05) is 35.3 Å². The van der Waals surface area contributed by atoms with E-state index in [1.165, 1.54) is 24.9 Å². The maximum atomic E-state index is 12.7. The number of amides is 1. The summed E-state index contributed by atoms with van der Waals surface area (Å²) in [5.41, 5.74) is 3.33. The molecule has 0 unspecified atom stereocenters. The van der Waals surface area contributed by atoms with Crippen LogP contribution in [0.15, 0.2) is 67.0 Å². The predicted molar refractivity (Wildman–Crippen MR) is 112 cm³/mol. The first-order valence-corrected chi connectivity index (χ1v) is 9.48. The summed E-state index contributed by atoms with van der Waals surface area (Å²) in [5, 5.41) is 3.26. The van der Waals surface area contributed by atoms with Crippen LogP contribution in [-0.2, 0) is 0 Å². The molecule has 0 atom stereocenters. The summed E-state index contributed by atoms with van der Waals surface area (Å²) >= 11 is 0. The van der Waals surface area contributed by atoms with E-state index in [1.54, 1.807) is 18.0 Å². The summed E-state index contributed by atoms with van der Waals surface area (Å²) < 4.78 is 0. The average Bonchev–Trinajstić information content (AvgIpc) is 3.29. The molecule has 2 heterocycles. The van der Waals surface area contributed by atoms with Crippen molar-refractivity contribution in [1.82, 2.24) is 9.97 Å². The van der Waals surface area contributed by atoms with Crippen LogP contribution in [0.25, 0.3) is 0 Å². The topological polar surface area (TPSA) is 61.4 Å². The van der Waals surface area contributed by atoms with E-state index in [-0.39, 0.29) is 5.91 Å². The fourth-order valence-corrected chi connectivity index (χ4v) is 3.36. The van der Waals surface area contributed by atoms with Crippen molar-refractivity contribution in [3.05, 3.63) is 72.7 Å². The average molecular weight is 373 g/mol. The van der Waals surface area contributed by atoms with Crippen LogP contribution >= 0.6 is 0 Å². The summed E-state index contributed by atoms with van der Waals surface area (Å²) in [6.45, 7) is 2.25. The van der Waals surface area contributed by atoms with Gasteiger partial charge in [0.2, 0.25) is 0 Å². The zero-order valence-corrected chi connectivity index (χ0v) is 15.9. The normalized spacial score (nSPS) is 13.4. The van der Waals surface area contributed by atoms with Gasteiger partial charge in [0.25, 0.3) is 5.91 Å². The van der Waals surface area contributed by atoms with Crippen LogP contribution in [0.3, 0.4) is 0 Å². The van der Waals surface area contributed by atoms with E-state index in [1.807, 2.05) is 42.5 Å². The lowest BCUT2D eigenvalue weighted by Gasteiger charge is -2.18. The van der Waals surface area contributed by atoms with Crippen molar-refractivity contribution in [2.24, 2.45) is 0 Å². The number of para-hydroxylation sites is 1. The van der Waals surface area contributed by atoms with Gasteiger partial charge in [0, 0.05) is 43.3 Å². The lowest BCUT2D eigenvalue weighted by atomic mass is 10.2. The summed E-state index contributed by atoms with van der Waals surface area (Å²) in [6, 6.07) is 19.5. The van der Waals surface area contributed by atoms with Crippen molar-refractivity contribution >= 4 is 28.8 Å². The SMILES string of the molecule is CN(C(=O)c1cc(Nc2ccc(N3CCCC3)cc2)ncn1)c1ccccc1. The molecule has 4 rings (SSSR count). The number of carbonyl (C=O) groups excluding carboxylic acids is 1. The van der Waals surface area contributed by atoms with Crippen molar-refractivity contribution in [3.63, 3.8) is 0 Å². The Kier molecular flexibility index (Phi) is 5.19. The first kappa shape index (κ1) is 18.0. The molecule has 2 aromatic carbocycles. The van der Waals surface area contributed by atoms with Crippen LogP contribution in [0.4, 0.5) is 22.9 Å². The first-order valence-electron chi connectivity index (χ1n) is 9.48. The smallest absolute Gasteiger partial charge is 0.276 e. The Labute approximate surface area is 164 Å². The largest absolute Gasteiger partial charge is 0.372 e. The number of rotatable bonds is 5. The summed E-state index contributed by atoms with van der Waals surface area (Å²) in [5.74, 6) is 0.412. The lowest BCUT2D eigenvalue weighted by molar-refractivity contribution is 0.0988. The maximum absolute atomic E-state index is 12.7. The van der Waals surface area contributed by atoms with Gasteiger partial charge >= 0.3 is 0 Å². The quantitative estimate of drug-likeness (QED) is 0.730. The fraction of sp³-hybridized carbons (Fsp3) is 0.227. The molecule has 142 valence electrons. The van der Waals surface area contributed by atoms with Gasteiger partial charge in [-0.3, -0.25) is 4.79 Å². The van der Waals surface area contributed by atoms with Crippen LogP contribution < -0.4 is 15.1 Å². The van der Waals surface area contributed by atoms with E-state index in [2.05, 4.69) is 32.3 Å². The predicted octanol–water partition coefficient (Wildman–Crippen LogP) is 4.10. The van der Waals surface area contributed by atoms with Gasteiger partial charge < -0.3 is 15.1 Å². The Morgan fingerprint density at radius 3 is 2.43 bits per heavy atom. The lowest BCUT2D eigenvalue weighted by Crippen LogP contribution is -2.27. The minimum Gasteiger partial charge on any atom is -0.372 e. The summed E-state index contributed by atoms with van der Waals surface area (Å²) in [4.78, 5) is 25.1. The van der Waals surface area contributed by atoms with Crippen LogP contribution in [0.1, 0.15) is 23.3 Å². The number of hydrogen-bond donors (Lipinski definition) is 1. The molecular weight excluding hydrogens is 350 g/mol. The van der Waals surface area contributed by atoms with Gasteiger partial charge in [-0.15, -0.1) is 0 Å². The van der Waals surface area contributed by atoms with Crippen LogP contribution in [0, 0.1) is 0 Å². The molecule has 0 bridgehead atoms. The minimum atomic E-state index is -0.180. The second-order valence-corrected chi connectivity index (χ2v) is 6.85. The van der Waals surface area contributed by atoms with Crippen molar-refractivity contribution in [2.45, 2.75) is 12.8 Å². The van der Waals surface area contributed by atoms with E-state index in [9.17, 15) is 4.79 Å². The van der Waals surface area contributed by atoms with E-state index < -0.39 is 0 Å². The molecule has 0 spiro atoms. The van der Waals surface area contributed by atoms with Crippen LogP contribution in [-0.4, -0.2) is 36.0 Å². The van der Waals surface area contributed by atoms with Gasteiger partial charge in [0.05, 0.1) is 0 Å². The highest BCUT2D eigenvalue weighted by atomic mass is 16.2. The number of nitrogens with zero attached hydrogens (tertiary/aromatic N) is 4. The molecular formula is C22H23N5O. The molecule has 1 aliphatic heterocycles. The van der Waals surface area contributed by atoms with E-state index >= 15 is 0 Å². The standard InChI is InChI=1S/C22H23N5O/c1-26(18-7-3-2-4-8-18)22(28)20-15-21(24-16-23-20)25-17-9-11-19(12-10-17)27-13-5-6-14-27/h2-4,7-12,15-16H,5-6,13-14H2,1H3,(H,23,24,25). The molecule has 1 fully saturated rings. The van der Waals surface area contributed by atoms with Crippen LogP contribution in [0.2, 0.25) is 0 Å². The number of anilines is 4. The second-order valence-electron chi connectivity index (χ2n) is 6.85. The highest BCUT2D eigenvalue weighted by molar-refractivity contribution is 6.04. The number of nitrogens with one attached hydrogen (secondary N) is 1. The van der Waals surface area contributed by atoms with Crippen molar-refractivity contribution < 1.29 is 4.79 Å². The van der Waals surface area contributed by atoms with E-state index in [0.29, 0.717) is 11.5 Å². The van der Waals surface area contributed by atoms with Gasteiger partial charge in [-0.05, 0) is 49.2 Å². The molecule has 1 amide bonds. The van der Waals surface area contributed by atoms with Gasteiger partial charge in [-0.2, -0.15) is 0 Å². The number of benzene rings is 2. The van der Waals surface area contributed by atoms with Gasteiger partial charge in [-0.1, -0.05) is 18.2 Å². The molecule has 0 aliphatic carbocycles. The minimum absolute atomic E-state index is 0.180. The number of aromatic nitrogens is 2. The summed E-state index contributed by atoms with van der Waals surface area (Å²) in [7, 11) is 1.74. The van der Waals surface area contributed by atoms with E-state index in [0.717, 1.165) is 24.5 Å². The Morgan fingerprint density at radius 2 is 1.71 bits per heavy atom. The molecule has 1 saturated heterocycles. The molecule has 1 N–H and O–H groups in total. The Bertz CT molecular complexity index is 937. The maximum Gasteiger partial charge on any atom is 0.276 e. The molecule has 0 radical (unpaired) electrons.